The van der Waals surface area contributed by atoms with Gasteiger partial charge < -0.3 is 10.6 Å². The van der Waals surface area contributed by atoms with Crippen molar-refractivity contribution in [1.29, 1.82) is 0 Å². The van der Waals surface area contributed by atoms with Crippen molar-refractivity contribution in [2.24, 2.45) is 4.99 Å². The lowest BCUT2D eigenvalue weighted by Crippen LogP contribution is -2.27. The van der Waals surface area contributed by atoms with Crippen LogP contribution in [0.25, 0.3) is 0 Å². The maximum absolute atomic E-state index is 13.5. The summed E-state index contributed by atoms with van der Waals surface area (Å²) >= 11 is 0. The van der Waals surface area contributed by atoms with Gasteiger partial charge in [0, 0.05) is 6.54 Å². The summed E-state index contributed by atoms with van der Waals surface area (Å²) in [7, 11) is 0. The van der Waals surface area contributed by atoms with Crippen LogP contribution in [-0.4, -0.2) is 19.0 Å². The maximum atomic E-state index is 13.5. The normalized spacial score (nSPS) is 14.7. The molecular weight excluding hydrogens is 200 g/mol. The number of halogens is 2. The zero-order valence-electron chi connectivity index (χ0n) is 8.27. The number of rotatable bonds is 1. The number of anilines is 1. The Kier molecular flexibility index (Phi) is 2.53. The summed E-state index contributed by atoms with van der Waals surface area (Å²) in [6.07, 6.45) is 0. The molecule has 1 heterocycles. The number of nitrogens with zero attached hydrogens (tertiary/aromatic N) is 1. The summed E-state index contributed by atoms with van der Waals surface area (Å²) in [6, 6.07) is 2.63. The van der Waals surface area contributed by atoms with E-state index in [2.05, 4.69) is 15.6 Å². The van der Waals surface area contributed by atoms with Gasteiger partial charge in [-0.1, -0.05) is 6.07 Å². The Morgan fingerprint density at radius 3 is 2.87 bits per heavy atom. The van der Waals surface area contributed by atoms with E-state index in [1.165, 1.54) is 12.1 Å². The molecule has 0 aromatic heterocycles. The first-order chi connectivity index (χ1) is 7.18. The molecule has 1 aliphatic heterocycles. The molecule has 2 N–H and O–H groups in total. The highest BCUT2D eigenvalue weighted by molar-refractivity contribution is 5.94. The molecule has 15 heavy (non-hydrogen) atoms. The lowest BCUT2D eigenvalue weighted by Gasteiger charge is -2.10. The molecule has 1 aromatic rings. The lowest BCUT2D eigenvalue weighted by atomic mass is 10.2. The van der Waals surface area contributed by atoms with Gasteiger partial charge in [0.05, 0.1) is 6.54 Å². The van der Waals surface area contributed by atoms with Crippen LogP contribution < -0.4 is 10.6 Å². The molecule has 0 aliphatic carbocycles. The van der Waals surface area contributed by atoms with E-state index in [1.807, 2.05) is 0 Å². The van der Waals surface area contributed by atoms with Gasteiger partial charge in [0.25, 0.3) is 0 Å². The van der Waals surface area contributed by atoms with Crippen molar-refractivity contribution >= 4 is 11.6 Å². The highest BCUT2D eigenvalue weighted by atomic mass is 19.1. The minimum Gasteiger partial charge on any atom is -0.354 e. The van der Waals surface area contributed by atoms with E-state index in [9.17, 15) is 8.78 Å². The van der Waals surface area contributed by atoms with Crippen molar-refractivity contribution in [3.63, 3.8) is 0 Å². The largest absolute Gasteiger partial charge is 0.354 e. The first kappa shape index (κ1) is 9.89. The number of hydrogen-bond donors (Lipinski definition) is 2. The van der Waals surface area contributed by atoms with Gasteiger partial charge in [-0.2, -0.15) is 0 Å². The maximum Gasteiger partial charge on any atom is 0.196 e. The number of nitrogens with one attached hydrogen (secondary N) is 2. The molecule has 1 aliphatic rings. The van der Waals surface area contributed by atoms with Crippen molar-refractivity contribution in [2.75, 3.05) is 18.4 Å². The second-order valence-corrected chi connectivity index (χ2v) is 3.34. The number of hydrogen-bond acceptors (Lipinski definition) is 3. The first-order valence-electron chi connectivity index (χ1n) is 4.68. The Bertz CT molecular complexity index is 415. The third-order valence-corrected chi connectivity index (χ3v) is 2.20. The highest BCUT2D eigenvalue weighted by Crippen LogP contribution is 2.21. The van der Waals surface area contributed by atoms with Crippen molar-refractivity contribution in [2.45, 2.75) is 6.92 Å². The molecule has 3 nitrogen and oxygen atoms in total. The average molecular weight is 211 g/mol. The van der Waals surface area contributed by atoms with Crippen LogP contribution in [0.15, 0.2) is 17.1 Å². The monoisotopic (exact) mass is 211 g/mol. The van der Waals surface area contributed by atoms with Gasteiger partial charge >= 0.3 is 0 Å². The van der Waals surface area contributed by atoms with Crippen molar-refractivity contribution in [1.82, 2.24) is 5.32 Å². The minimum absolute atomic E-state index is 0.150. The average Bonchev–Trinajstić information content (AvgIpc) is 2.71. The third-order valence-electron chi connectivity index (χ3n) is 2.20. The predicted octanol–water partition coefficient (Wildman–Crippen LogP) is 1.64. The molecule has 0 saturated carbocycles. The topological polar surface area (TPSA) is 36.4 Å². The van der Waals surface area contributed by atoms with Crippen LogP contribution >= 0.6 is 0 Å². The fourth-order valence-electron chi connectivity index (χ4n) is 1.37. The van der Waals surface area contributed by atoms with Crippen LogP contribution in [0, 0.1) is 18.6 Å². The number of guanidine groups is 1. The fourth-order valence-corrected chi connectivity index (χ4v) is 1.37. The van der Waals surface area contributed by atoms with Gasteiger partial charge in [0.1, 0.15) is 11.5 Å². The van der Waals surface area contributed by atoms with E-state index in [0.29, 0.717) is 24.6 Å². The second-order valence-electron chi connectivity index (χ2n) is 3.34. The standard InChI is InChI=1S/C10H11F2N3/c1-6-2-3-7(11)9(8(6)12)15-10-13-4-5-14-10/h2-3H,4-5H2,1H3,(H2,13,14,15). The lowest BCUT2D eigenvalue weighted by molar-refractivity contribution is 0.585. The van der Waals surface area contributed by atoms with Crippen LogP contribution in [0.4, 0.5) is 14.5 Å². The van der Waals surface area contributed by atoms with E-state index in [1.54, 1.807) is 6.92 Å². The van der Waals surface area contributed by atoms with Crippen molar-refractivity contribution in [3.8, 4) is 0 Å². The van der Waals surface area contributed by atoms with Crippen LogP contribution in [-0.2, 0) is 0 Å². The van der Waals surface area contributed by atoms with Crippen LogP contribution in [0.2, 0.25) is 0 Å². The molecule has 0 fully saturated rings. The Morgan fingerprint density at radius 1 is 1.40 bits per heavy atom. The SMILES string of the molecule is Cc1ccc(F)c(NC2=NCCN2)c1F. The predicted molar refractivity (Wildman–Crippen MR) is 55.0 cm³/mol. The number of benzene rings is 1. The molecule has 0 spiro atoms. The molecule has 0 amide bonds. The van der Waals surface area contributed by atoms with E-state index >= 15 is 0 Å². The molecular formula is C10H11F2N3. The summed E-state index contributed by atoms with van der Waals surface area (Å²) in [6.45, 7) is 2.90. The fraction of sp³-hybridized carbons (Fsp3) is 0.300. The van der Waals surface area contributed by atoms with Gasteiger partial charge in [0.2, 0.25) is 0 Å². The van der Waals surface area contributed by atoms with E-state index in [0.717, 1.165) is 0 Å². The Balaban J connectivity index is 2.30. The van der Waals surface area contributed by atoms with Crippen LogP contribution in [0.1, 0.15) is 5.56 Å². The smallest absolute Gasteiger partial charge is 0.196 e. The zero-order chi connectivity index (χ0) is 10.8. The van der Waals surface area contributed by atoms with Gasteiger partial charge in [0.15, 0.2) is 11.8 Å². The third kappa shape index (κ3) is 1.91. The molecule has 1 aromatic carbocycles. The summed E-state index contributed by atoms with van der Waals surface area (Å²) in [5, 5.41) is 5.49. The Morgan fingerprint density at radius 2 is 2.20 bits per heavy atom. The second kappa shape index (κ2) is 3.84. The van der Waals surface area contributed by atoms with Gasteiger partial charge in [-0.3, -0.25) is 4.99 Å². The summed E-state index contributed by atoms with van der Waals surface area (Å²) in [4.78, 5) is 4.00. The Labute approximate surface area is 86.2 Å². The van der Waals surface area contributed by atoms with Crippen LogP contribution in [0.3, 0.4) is 0 Å². The minimum atomic E-state index is -0.616. The van der Waals surface area contributed by atoms with E-state index in [-0.39, 0.29) is 5.69 Å². The Hall–Kier alpha value is -1.65. The molecule has 80 valence electrons. The summed E-state index contributed by atoms with van der Waals surface area (Å²) in [5.41, 5.74) is 0.251. The van der Waals surface area contributed by atoms with Gasteiger partial charge in [-0.15, -0.1) is 0 Å². The molecule has 0 saturated heterocycles. The van der Waals surface area contributed by atoms with E-state index in [4.69, 9.17) is 0 Å². The number of aliphatic imine (C=N–C) groups is 1. The van der Waals surface area contributed by atoms with Gasteiger partial charge in [-0.05, 0) is 18.6 Å². The van der Waals surface area contributed by atoms with Crippen molar-refractivity contribution < 1.29 is 8.78 Å². The number of aryl methyl sites for hydroxylation is 1. The van der Waals surface area contributed by atoms with Crippen LogP contribution in [0.5, 0.6) is 0 Å². The summed E-state index contributed by atoms with van der Waals surface area (Å²) in [5.74, 6) is -0.778. The zero-order valence-corrected chi connectivity index (χ0v) is 8.27. The molecule has 0 radical (unpaired) electrons. The summed E-state index contributed by atoms with van der Waals surface area (Å²) < 4.78 is 26.8. The molecule has 0 bridgehead atoms. The quantitative estimate of drug-likeness (QED) is 0.741. The van der Waals surface area contributed by atoms with E-state index < -0.39 is 11.6 Å². The molecule has 0 atom stereocenters. The molecule has 5 heteroatoms. The first-order valence-corrected chi connectivity index (χ1v) is 4.68. The molecule has 0 unspecified atom stereocenters. The highest BCUT2D eigenvalue weighted by Gasteiger charge is 2.14. The van der Waals surface area contributed by atoms with Gasteiger partial charge in [-0.25, -0.2) is 8.78 Å². The molecule has 2 rings (SSSR count). The van der Waals surface area contributed by atoms with Crippen molar-refractivity contribution in [3.05, 3.63) is 29.3 Å².